The Balaban J connectivity index is 1.57. The highest BCUT2D eigenvalue weighted by molar-refractivity contribution is 7.99. The average Bonchev–Trinajstić information content (AvgIpc) is 3.31. The first-order valence-corrected chi connectivity index (χ1v) is 11.8. The first-order valence-electron chi connectivity index (χ1n) is 9.59. The zero-order valence-electron chi connectivity index (χ0n) is 16.9. The summed E-state index contributed by atoms with van der Waals surface area (Å²) >= 11 is 9.59. The van der Waals surface area contributed by atoms with E-state index in [2.05, 4.69) is 29.5 Å². The van der Waals surface area contributed by atoms with Gasteiger partial charge in [-0.3, -0.25) is 4.79 Å². The molecule has 2 heterocycles. The summed E-state index contributed by atoms with van der Waals surface area (Å²) in [7, 11) is 0. The SMILES string of the molecule is CCSc1ccc(CC(=O)Nc2cc(C)nn2-c2nc3c(C)ccc(Cl)c3s2)cc1. The number of fused-ring (bicyclic) bond motifs is 1. The van der Waals surface area contributed by atoms with Crippen LogP contribution in [0.1, 0.15) is 23.7 Å². The number of aryl methyl sites for hydroxylation is 2. The number of hydrogen-bond acceptors (Lipinski definition) is 5. The molecular weight excluding hydrogens is 436 g/mol. The number of carbonyl (C=O) groups excluding carboxylic acids is 1. The summed E-state index contributed by atoms with van der Waals surface area (Å²) in [5.74, 6) is 1.53. The molecule has 4 rings (SSSR count). The number of nitrogens with zero attached hydrogens (tertiary/aromatic N) is 3. The van der Waals surface area contributed by atoms with Gasteiger partial charge in [-0.25, -0.2) is 4.98 Å². The van der Waals surface area contributed by atoms with Gasteiger partial charge < -0.3 is 5.32 Å². The molecule has 0 saturated heterocycles. The Morgan fingerprint density at radius 1 is 1.20 bits per heavy atom. The smallest absolute Gasteiger partial charge is 0.229 e. The third kappa shape index (κ3) is 4.38. The Morgan fingerprint density at radius 3 is 2.67 bits per heavy atom. The van der Waals surface area contributed by atoms with Crippen molar-refractivity contribution in [3.63, 3.8) is 0 Å². The van der Waals surface area contributed by atoms with Crippen LogP contribution in [-0.4, -0.2) is 26.4 Å². The third-order valence-electron chi connectivity index (χ3n) is 4.57. The first-order chi connectivity index (χ1) is 14.4. The molecular formula is C22H21ClN4OS2. The van der Waals surface area contributed by atoms with Crippen LogP contribution in [0.2, 0.25) is 5.02 Å². The molecule has 2 aromatic heterocycles. The van der Waals surface area contributed by atoms with Crippen molar-refractivity contribution in [1.29, 1.82) is 0 Å². The zero-order valence-corrected chi connectivity index (χ0v) is 19.3. The van der Waals surface area contributed by atoms with Gasteiger partial charge in [0, 0.05) is 11.0 Å². The number of halogens is 1. The van der Waals surface area contributed by atoms with Crippen molar-refractivity contribution >= 4 is 56.6 Å². The Labute approximate surface area is 188 Å². The number of carbonyl (C=O) groups is 1. The minimum absolute atomic E-state index is 0.0950. The lowest BCUT2D eigenvalue weighted by Crippen LogP contribution is -2.17. The van der Waals surface area contributed by atoms with Gasteiger partial charge in [-0.15, -0.1) is 11.8 Å². The molecule has 30 heavy (non-hydrogen) atoms. The molecule has 0 aliphatic heterocycles. The predicted octanol–water partition coefficient (Wildman–Crippen LogP) is 6.05. The molecule has 5 nitrogen and oxygen atoms in total. The maximum absolute atomic E-state index is 12.7. The lowest BCUT2D eigenvalue weighted by Gasteiger charge is -2.07. The monoisotopic (exact) mass is 456 g/mol. The highest BCUT2D eigenvalue weighted by Crippen LogP contribution is 2.34. The van der Waals surface area contributed by atoms with Crippen LogP contribution in [0.4, 0.5) is 5.82 Å². The van der Waals surface area contributed by atoms with E-state index in [1.54, 1.807) is 16.4 Å². The molecule has 2 aromatic carbocycles. The molecule has 1 N–H and O–H groups in total. The molecule has 1 amide bonds. The molecule has 0 atom stereocenters. The molecule has 8 heteroatoms. The molecule has 0 unspecified atom stereocenters. The number of amides is 1. The van der Waals surface area contributed by atoms with Gasteiger partial charge in [0.05, 0.1) is 27.4 Å². The highest BCUT2D eigenvalue weighted by atomic mass is 35.5. The van der Waals surface area contributed by atoms with E-state index in [1.807, 2.05) is 44.2 Å². The molecule has 0 radical (unpaired) electrons. The number of benzene rings is 2. The van der Waals surface area contributed by atoms with Crippen LogP contribution < -0.4 is 5.32 Å². The number of thiazole rings is 1. The lowest BCUT2D eigenvalue weighted by atomic mass is 10.1. The van der Waals surface area contributed by atoms with Gasteiger partial charge in [-0.1, -0.05) is 48.1 Å². The van der Waals surface area contributed by atoms with Crippen LogP contribution in [0.5, 0.6) is 0 Å². The normalized spacial score (nSPS) is 11.2. The molecule has 0 spiro atoms. The van der Waals surface area contributed by atoms with Crippen molar-refractivity contribution in [1.82, 2.24) is 14.8 Å². The van der Waals surface area contributed by atoms with Gasteiger partial charge >= 0.3 is 0 Å². The number of thioether (sulfide) groups is 1. The summed E-state index contributed by atoms with van der Waals surface area (Å²) in [5.41, 5.74) is 3.68. The van der Waals surface area contributed by atoms with Crippen molar-refractivity contribution in [3.05, 3.63) is 64.3 Å². The fourth-order valence-corrected chi connectivity index (χ4v) is 5.10. The molecule has 0 aliphatic carbocycles. The zero-order chi connectivity index (χ0) is 21.3. The molecule has 4 aromatic rings. The molecule has 0 aliphatic rings. The number of rotatable bonds is 6. The molecule has 154 valence electrons. The van der Waals surface area contributed by atoms with Crippen LogP contribution in [0.25, 0.3) is 15.3 Å². The maximum Gasteiger partial charge on any atom is 0.229 e. The van der Waals surface area contributed by atoms with E-state index >= 15 is 0 Å². The van der Waals surface area contributed by atoms with Crippen molar-refractivity contribution < 1.29 is 4.79 Å². The van der Waals surface area contributed by atoms with E-state index in [-0.39, 0.29) is 5.91 Å². The van der Waals surface area contributed by atoms with E-state index in [9.17, 15) is 4.79 Å². The van der Waals surface area contributed by atoms with Crippen LogP contribution >= 0.6 is 34.7 Å². The maximum atomic E-state index is 12.7. The largest absolute Gasteiger partial charge is 0.310 e. The highest BCUT2D eigenvalue weighted by Gasteiger charge is 2.16. The van der Waals surface area contributed by atoms with Crippen LogP contribution in [0.15, 0.2) is 47.4 Å². The summed E-state index contributed by atoms with van der Waals surface area (Å²) in [4.78, 5) is 18.6. The van der Waals surface area contributed by atoms with Gasteiger partial charge in [0.25, 0.3) is 0 Å². The summed E-state index contributed by atoms with van der Waals surface area (Å²) in [6, 6.07) is 13.8. The molecule has 0 fully saturated rings. The summed E-state index contributed by atoms with van der Waals surface area (Å²) in [6.07, 6.45) is 0.298. The number of nitrogens with one attached hydrogen (secondary N) is 1. The van der Waals surface area contributed by atoms with Crippen LogP contribution in [0.3, 0.4) is 0 Å². The average molecular weight is 457 g/mol. The second kappa shape index (κ2) is 8.79. The van der Waals surface area contributed by atoms with Gasteiger partial charge in [-0.2, -0.15) is 9.78 Å². The Morgan fingerprint density at radius 2 is 1.97 bits per heavy atom. The minimum Gasteiger partial charge on any atom is -0.310 e. The van der Waals surface area contributed by atoms with Gasteiger partial charge in [-0.05, 0) is 48.9 Å². The van der Waals surface area contributed by atoms with E-state index in [0.29, 0.717) is 22.4 Å². The lowest BCUT2D eigenvalue weighted by molar-refractivity contribution is -0.115. The Kier molecular flexibility index (Phi) is 6.13. The standard InChI is InChI=1S/C22H21ClN4OS2/c1-4-29-16-8-6-15(7-9-16)12-19(28)24-18-11-14(3)26-27(18)22-25-20-13(2)5-10-17(23)21(20)30-22/h5-11H,4,12H2,1-3H3,(H,24,28). The van der Waals surface area contributed by atoms with Gasteiger partial charge in [0.1, 0.15) is 5.82 Å². The second-order valence-corrected chi connectivity index (χ2v) is 9.65. The van der Waals surface area contributed by atoms with Gasteiger partial charge in [0.2, 0.25) is 11.0 Å². The number of hydrogen-bond donors (Lipinski definition) is 1. The van der Waals surface area contributed by atoms with Crippen molar-refractivity contribution in [2.45, 2.75) is 32.1 Å². The topological polar surface area (TPSA) is 59.8 Å². The first kappa shape index (κ1) is 20.9. The van der Waals surface area contributed by atoms with Crippen molar-refractivity contribution in [3.8, 4) is 5.13 Å². The van der Waals surface area contributed by atoms with Crippen LogP contribution in [0, 0.1) is 13.8 Å². The molecule has 0 saturated carbocycles. The van der Waals surface area contributed by atoms with E-state index in [1.165, 1.54) is 16.2 Å². The van der Waals surface area contributed by atoms with Gasteiger partial charge in [0.15, 0.2) is 0 Å². The van der Waals surface area contributed by atoms with Crippen molar-refractivity contribution in [2.75, 3.05) is 11.1 Å². The quantitative estimate of drug-likeness (QED) is 0.359. The Bertz CT molecular complexity index is 1180. The second-order valence-electron chi connectivity index (χ2n) is 6.92. The fraction of sp³-hybridized carbons (Fsp3) is 0.227. The summed E-state index contributed by atoms with van der Waals surface area (Å²) < 4.78 is 2.59. The number of anilines is 1. The summed E-state index contributed by atoms with van der Waals surface area (Å²) in [6.45, 7) is 6.02. The fourth-order valence-electron chi connectivity index (χ4n) is 3.16. The van der Waals surface area contributed by atoms with E-state index in [4.69, 9.17) is 16.6 Å². The van der Waals surface area contributed by atoms with Crippen molar-refractivity contribution in [2.24, 2.45) is 0 Å². The van der Waals surface area contributed by atoms with E-state index in [0.717, 1.165) is 32.8 Å². The third-order valence-corrected chi connectivity index (χ3v) is 6.95. The molecule has 0 bridgehead atoms. The van der Waals surface area contributed by atoms with E-state index < -0.39 is 0 Å². The Hall–Kier alpha value is -2.35. The number of aromatic nitrogens is 3. The predicted molar refractivity (Wildman–Crippen MR) is 126 cm³/mol. The summed E-state index contributed by atoms with van der Waals surface area (Å²) in [5, 5.41) is 8.85. The van der Waals surface area contributed by atoms with Crippen LogP contribution in [-0.2, 0) is 11.2 Å². The minimum atomic E-state index is -0.0950.